The maximum atomic E-state index is 12.2. The number of rotatable bonds is 4. The summed E-state index contributed by atoms with van der Waals surface area (Å²) in [5.41, 5.74) is 1.41. The Balaban J connectivity index is 2.00. The van der Waals surface area contributed by atoms with Gasteiger partial charge in [0.15, 0.2) is 0 Å². The number of benzene rings is 1. The van der Waals surface area contributed by atoms with Crippen molar-refractivity contribution in [3.63, 3.8) is 0 Å². The van der Waals surface area contributed by atoms with Gasteiger partial charge in [-0.05, 0) is 30.7 Å². The zero-order chi connectivity index (χ0) is 15.4. The molecule has 5 heteroatoms. The summed E-state index contributed by atoms with van der Waals surface area (Å²) in [4.78, 5) is 23.9. The predicted octanol–water partition coefficient (Wildman–Crippen LogP) is 2.08. The highest BCUT2D eigenvalue weighted by atomic mass is 16.2. The van der Waals surface area contributed by atoms with Crippen molar-refractivity contribution in [3.8, 4) is 0 Å². The molecule has 0 aromatic heterocycles. The Morgan fingerprint density at radius 3 is 2.43 bits per heavy atom. The number of amides is 2. The Morgan fingerprint density at radius 2 is 1.86 bits per heavy atom. The lowest BCUT2D eigenvalue weighted by molar-refractivity contribution is -0.120. The van der Waals surface area contributed by atoms with Crippen LogP contribution in [0.25, 0.3) is 0 Å². The second-order valence-corrected chi connectivity index (χ2v) is 5.96. The molecule has 5 nitrogen and oxygen atoms in total. The summed E-state index contributed by atoms with van der Waals surface area (Å²) in [7, 11) is 0. The Labute approximate surface area is 125 Å². The first-order chi connectivity index (χ1) is 9.97. The van der Waals surface area contributed by atoms with Crippen LogP contribution >= 0.6 is 0 Å². The molecular formula is C16H23N3O2. The molecule has 0 bridgehead atoms. The molecule has 1 saturated heterocycles. The molecule has 0 saturated carbocycles. The Kier molecular flexibility index (Phi) is 4.96. The fraction of sp³-hybridized carbons (Fsp3) is 0.500. The van der Waals surface area contributed by atoms with Crippen molar-refractivity contribution >= 4 is 23.2 Å². The van der Waals surface area contributed by atoms with Gasteiger partial charge in [-0.25, -0.2) is 0 Å². The Bertz CT molecular complexity index is 528. The Hall–Kier alpha value is -1.88. The molecule has 0 aliphatic carbocycles. The van der Waals surface area contributed by atoms with Gasteiger partial charge < -0.3 is 16.0 Å². The number of anilines is 2. The topological polar surface area (TPSA) is 70.2 Å². The van der Waals surface area contributed by atoms with Gasteiger partial charge in [-0.15, -0.1) is 0 Å². The van der Waals surface area contributed by atoms with Crippen molar-refractivity contribution in [1.82, 2.24) is 5.32 Å². The highest BCUT2D eigenvalue weighted by molar-refractivity contribution is 5.95. The van der Waals surface area contributed by atoms with E-state index in [1.165, 1.54) is 0 Å². The molecule has 2 amide bonds. The van der Waals surface area contributed by atoms with E-state index in [0.717, 1.165) is 13.1 Å². The normalized spacial score (nSPS) is 21.3. The van der Waals surface area contributed by atoms with Gasteiger partial charge in [0, 0.05) is 23.8 Å². The molecule has 21 heavy (non-hydrogen) atoms. The van der Waals surface area contributed by atoms with Crippen LogP contribution in [0.15, 0.2) is 24.3 Å². The molecular weight excluding hydrogens is 266 g/mol. The molecule has 1 heterocycles. The molecule has 1 aromatic rings. The number of carbonyl (C=O) groups excluding carboxylic acids is 2. The van der Waals surface area contributed by atoms with Crippen LogP contribution in [0.3, 0.4) is 0 Å². The van der Waals surface area contributed by atoms with Crippen molar-refractivity contribution in [2.24, 2.45) is 17.8 Å². The van der Waals surface area contributed by atoms with Crippen LogP contribution in [0.4, 0.5) is 11.4 Å². The second kappa shape index (κ2) is 6.72. The largest absolute Gasteiger partial charge is 0.326 e. The highest BCUT2D eigenvalue weighted by Gasteiger charge is 2.29. The van der Waals surface area contributed by atoms with Crippen LogP contribution in [0, 0.1) is 17.8 Å². The molecule has 1 fully saturated rings. The molecule has 1 aliphatic heterocycles. The van der Waals surface area contributed by atoms with Crippen LogP contribution in [-0.4, -0.2) is 24.9 Å². The fourth-order valence-electron chi connectivity index (χ4n) is 2.36. The summed E-state index contributed by atoms with van der Waals surface area (Å²) in [6.45, 7) is 7.35. The van der Waals surface area contributed by atoms with Gasteiger partial charge >= 0.3 is 0 Å². The van der Waals surface area contributed by atoms with E-state index in [1.807, 2.05) is 32.0 Å². The van der Waals surface area contributed by atoms with Crippen molar-refractivity contribution in [1.29, 1.82) is 0 Å². The first kappa shape index (κ1) is 15.5. The minimum atomic E-state index is -0.0753. The van der Waals surface area contributed by atoms with Crippen LogP contribution in [0.2, 0.25) is 0 Å². The van der Waals surface area contributed by atoms with Crippen LogP contribution in [0.1, 0.15) is 20.8 Å². The maximum Gasteiger partial charge on any atom is 0.229 e. The van der Waals surface area contributed by atoms with Gasteiger partial charge in [-0.3, -0.25) is 9.59 Å². The quantitative estimate of drug-likeness (QED) is 0.794. The molecule has 3 N–H and O–H groups in total. The molecule has 2 rings (SSSR count). The summed E-state index contributed by atoms with van der Waals surface area (Å²) >= 11 is 0. The van der Waals surface area contributed by atoms with E-state index < -0.39 is 0 Å². The van der Waals surface area contributed by atoms with Gasteiger partial charge in [0.2, 0.25) is 11.8 Å². The summed E-state index contributed by atoms with van der Waals surface area (Å²) < 4.78 is 0. The predicted molar refractivity (Wildman–Crippen MR) is 84.1 cm³/mol. The molecule has 2 unspecified atom stereocenters. The third-order valence-electron chi connectivity index (χ3n) is 3.78. The van der Waals surface area contributed by atoms with Gasteiger partial charge in [0.05, 0.1) is 5.92 Å². The van der Waals surface area contributed by atoms with Gasteiger partial charge in [0.1, 0.15) is 0 Å². The van der Waals surface area contributed by atoms with Gasteiger partial charge in [-0.2, -0.15) is 0 Å². The van der Waals surface area contributed by atoms with Crippen LogP contribution < -0.4 is 16.0 Å². The summed E-state index contributed by atoms with van der Waals surface area (Å²) in [6, 6.07) is 7.25. The van der Waals surface area contributed by atoms with Gasteiger partial charge in [0.25, 0.3) is 0 Å². The highest BCUT2D eigenvalue weighted by Crippen LogP contribution is 2.20. The van der Waals surface area contributed by atoms with Crippen molar-refractivity contribution < 1.29 is 9.59 Å². The number of nitrogens with one attached hydrogen (secondary N) is 3. The van der Waals surface area contributed by atoms with E-state index in [0.29, 0.717) is 17.3 Å². The molecule has 114 valence electrons. The minimum absolute atomic E-state index is 0.00101. The van der Waals surface area contributed by atoms with E-state index in [9.17, 15) is 9.59 Å². The summed E-state index contributed by atoms with van der Waals surface area (Å²) in [5, 5.41) is 8.98. The third-order valence-corrected chi connectivity index (χ3v) is 3.78. The average Bonchev–Trinajstić information content (AvgIpc) is 2.85. The lowest BCUT2D eigenvalue weighted by Crippen LogP contribution is -2.27. The first-order valence-electron chi connectivity index (χ1n) is 7.40. The molecule has 0 spiro atoms. The van der Waals surface area contributed by atoms with Crippen molar-refractivity contribution in [2.75, 3.05) is 23.7 Å². The molecule has 1 aromatic carbocycles. The van der Waals surface area contributed by atoms with E-state index in [-0.39, 0.29) is 23.7 Å². The SMILES string of the molecule is CC(C)C(=O)Nc1cccc(NC(=O)C2CNCC2C)c1. The summed E-state index contributed by atoms with van der Waals surface area (Å²) in [5.74, 6) is 0.258. The van der Waals surface area contributed by atoms with E-state index in [2.05, 4.69) is 22.9 Å². The lowest BCUT2D eigenvalue weighted by Gasteiger charge is -2.15. The zero-order valence-electron chi connectivity index (χ0n) is 12.8. The van der Waals surface area contributed by atoms with Crippen LogP contribution in [-0.2, 0) is 9.59 Å². The van der Waals surface area contributed by atoms with Crippen LogP contribution in [0.5, 0.6) is 0 Å². The summed E-state index contributed by atoms with van der Waals surface area (Å²) in [6.07, 6.45) is 0. The zero-order valence-corrected chi connectivity index (χ0v) is 12.8. The monoisotopic (exact) mass is 289 g/mol. The average molecular weight is 289 g/mol. The standard InChI is InChI=1S/C16H23N3O2/c1-10(2)15(20)18-12-5-4-6-13(7-12)19-16(21)14-9-17-8-11(14)3/h4-7,10-11,14,17H,8-9H2,1-3H3,(H,18,20)(H,19,21). The fourth-order valence-corrected chi connectivity index (χ4v) is 2.36. The number of hydrogen-bond acceptors (Lipinski definition) is 3. The van der Waals surface area contributed by atoms with E-state index in [4.69, 9.17) is 0 Å². The molecule has 1 aliphatic rings. The van der Waals surface area contributed by atoms with E-state index in [1.54, 1.807) is 6.07 Å². The van der Waals surface area contributed by atoms with Crippen molar-refractivity contribution in [2.45, 2.75) is 20.8 Å². The number of carbonyl (C=O) groups is 2. The maximum absolute atomic E-state index is 12.2. The molecule has 2 atom stereocenters. The third kappa shape index (κ3) is 4.04. The van der Waals surface area contributed by atoms with E-state index >= 15 is 0 Å². The first-order valence-corrected chi connectivity index (χ1v) is 7.40. The molecule has 0 radical (unpaired) electrons. The Morgan fingerprint density at radius 1 is 1.19 bits per heavy atom. The number of hydrogen-bond donors (Lipinski definition) is 3. The smallest absolute Gasteiger partial charge is 0.229 e. The second-order valence-electron chi connectivity index (χ2n) is 5.96. The minimum Gasteiger partial charge on any atom is -0.326 e. The van der Waals surface area contributed by atoms with Gasteiger partial charge in [-0.1, -0.05) is 26.8 Å². The lowest BCUT2D eigenvalue weighted by atomic mass is 9.97. The van der Waals surface area contributed by atoms with Crippen molar-refractivity contribution in [3.05, 3.63) is 24.3 Å².